The maximum absolute atomic E-state index is 13.0. The van der Waals surface area contributed by atoms with Crippen molar-refractivity contribution in [1.82, 2.24) is 15.3 Å². The van der Waals surface area contributed by atoms with Gasteiger partial charge >= 0.3 is 6.03 Å². The number of imide groups is 1. The quantitative estimate of drug-likeness (QED) is 0.438. The molecular formula is C21H23N3O4. The molecular weight excluding hydrogens is 358 g/mol. The van der Waals surface area contributed by atoms with Gasteiger partial charge in [-0.3, -0.25) is 19.7 Å². The van der Waals surface area contributed by atoms with E-state index in [0.717, 1.165) is 17.5 Å². The van der Waals surface area contributed by atoms with Crippen molar-refractivity contribution < 1.29 is 19.6 Å². The highest BCUT2D eigenvalue weighted by Crippen LogP contribution is 2.24. The first-order chi connectivity index (χ1) is 13.5. The Hall–Kier alpha value is -3.19. The summed E-state index contributed by atoms with van der Waals surface area (Å²) in [7, 11) is 0. The number of amides is 4. The van der Waals surface area contributed by atoms with Crippen molar-refractivity contribution in [3.05, 3.63) is 71.3 Å². The average Bonchev–Trinajstić information content (AvgIpc) is 2.93. The van der Waals surface area contributed by atoms with Gasteiger partial charge in [-0.25, -0.2) is 10.3 Å². The second kappa shape index (κ2) is 8.67. The van der Waals surface area contributed by atoms with Gasteiger partial charge in [-0.2, -0.15) is 0 Å². The minimum absolute atomic E-state index is 0.143. The topological polar surface area (TPSA) is 90.0 Å². The maximum atomic E-state index is 13.0. The van der Waals surface area contributed by atoms with Gasteiger partial charge in [-0.15, -0.1) is 0 Å². The van der Waals surface area contributed by atoms with Crippen molar-refractivity contribution in [3.63, 3.8) is 0 Å². The van der Waals surface area contributed by atoms with Gasteiger partial charge in [0.05, 0.1) is 6.54 Å². The summed E-state index contributed by atoms with van der Waals surface area (Å²) in [6.45, 7) is 2.64. The van der Waals surface area contributed by atoms with Gasteiger partial charge in [-0.1, -0.05) is 49.4 Å². The normalized spacial score (nSPS) is 16.6. The fourth-order valence-electron chi connectivity index (χ4n) is 3.38. The Kier molecular flexibility index (Phi) is 6.06. The predicted molar refractivity (Wildman–Crippen MR) is 103 cm³/mol. The third-order valence-corrected chi connectivity index (χ3v) is 4.80. The number of nitrogens with one attached hydrogen (secondary N) is 1. The molecule has 146 valence electrons. The van der Waals surface area contributed by atoms with Gasteiger partial charge in [0.2, 0.25) is 0 Å². The lowest BCUT2D eigenvalue weighted by atomic mass is 10.0. The van der Waals surface area contributed by atoms with E-state index in [0.29, 0.717) is 18.5 Å². The molecule has 2 N–H and O–H groups in total. The van der Waals surface area contributed by atoms with Gasteiger partial charge < -0.3 is 4.90 Å². The van der Waals surface area contributed by atoms with Crippen LogP contribution in [0, 0.1) is 0 Å². The van der Waals surface area contributed by atoms with Gasteiger partial charge in [0.25, 0.3) is 11.8 Å². The van der Waals surface area contributed by atoms with E-state index in [1.54, 1.807) is 22.5 Å². The van der Waals surface area contributed by atoms with Crippen molar-refractivity contribution >= 4 is 17.8 Å². The molecule has 7 heteroatoms. The van der Waals surface area contributed by atoms with Crippen LogP contribution >= 0.6 is 0 Å². The fraction of sp³-hybridized carbons (Fsp3) is 0.286. The second-order valence-electron chi connectivity index (χ2n) is 6.74. The fourth-order valence-corrected chi connectivity index (χ4v) is 3.38. The summed E-state index contributed by atoms with van der Waals surface area (Å²) in [6.07, 6.45) is 1.25. The van der Waals surface area contributed by atoms with Crippen molar-refractivity contribution in [2.24, 2.45) is 0 Å². The molecule has 0 aliphatic carbocycles. The van der Waals surface area contributed by atoms with Gasteiger partial charge in [0.1, 0.15) is 6.04 Å². The van der Waals surface area contributed by atoms with E-state index in [9.17, 15) is 14.4 Å². The first-order valence-electron chi connectivity index (χ1n) is 9.24. The molecule has 7 nitrogen and oxygen atoms in total. The highest BCUT2D eigenvalue weighted by atomic mass is 16.5. The third-order valence-electron chi connectivity index (χ3n) is 4.80. The van der Waals surface area contributed by atoms with E-state index in [1.165, 1.54) is 17.0 Å². The zero-order valence-corrected chi connectivity index (χ0v) is 15.7. The Labute approximate surface area is 163 Å². The van der Waals surface area contributed by atoms with E-state index in [2.05, 4.69) is 0 Å². The largest absolute Gasteiger partial charge is 0.327 e. The molecule has 1 saturated heterocycles. The van der Waals surface area contributed by atoms with Crippen LogP contribution in [0.1, 0.15) is 34.8 Å². The van der Waals surface area contributed by atoms with Crippen molar-refractivity contribution in [1.29, 1.82) is 0 Å². The first-order valence-corrected chi connectivity index (χ1v) is 9.24. The number of benzene rings is 2. The van der Waals surface area contributed by atoms with Crippen LogP contribution in [-0.4, -0.2) is 45.4 Å². The summed E-state index contributed by atoms with van der Waals surface area (Å²) in [6, 6.07) is 15.3. The molecule has 0 spiro atoms. The molecule has 0 bridgehead atoms. The number of hydrogen-bond acceptors (Lipinski definition) is 4. The van der Waals surface area contributed by atoms with Crippen LogP contribution < -0.4 is 5.48 Å². The van der Waals surface area contributed by atoms with E-state index in [4.69, 9.17) is 5.21 Å². The Bertz CT molecular complexity index is 852. The first kappa shape index (κ1) is 19.6. The third kappa shape index (κ3) is 4.04. The van der Waals surface area contributed by atoms with E-state index in [1.807, 2.05) is 37.3 Å². The van der Waals surface area contributed by atoms with Gasteiger partial charge in [-0.05, 0) is 29.7 Å². The van der Waals surface area contributed by atoms with Crippen LogP contribution in [0.4, 0.5) is 4.79 Å². The number of urea groups is 1. The minimum atomic E-state index is -0.614. The lowest BCUT2D eigenvalue weighted by molar-refractivity contribution is -0.128. The standard InChI is InChI=1S/C21H23N3O4/c1-2-12-23-18(13-15-6-4-3-5-7-15)20(26)24(21(23)27)14-16-8-10-17(11-9-16)19(25)22-28/h3-11,18,28H,2,12-14H2,1H3,(H,22,25). The number of carbonyl (C=O) groups is 3. The Morgan fingerprint density at radius 3 is 2.32 bits per heavy atom. The molecule has 1 aliphatic heterocycles. The summed E-state index contributed by atoms with van der Waals surface area (Å²) in [5.74, 6) is -0.823. The summed E-state index contributed by atoms with van der Waals surface area (Å²) in [5.41, 5.74) is 3.60. The molecule has 0 saturated carbocycles. The molecule has 0 radical (unpaired) electrons. The van der Waals surface area contributed by atoms with Crippen LogP contribution in [0.5, 0.6) is 0 Å². The lowest BCUT2D eigenvalue weighted by Crippen LogP contribution is -2.37. The highest BCUT2D eigenvalue weighted by Gasteiger charge is 2.44. The zero-order valence-electron chi connectivity index (χ0n) is 15.7. The molecule has 1 unspecified atom stereocenters. The summed E-state index contributed by atoms with van der Waals surface area (Å²) < 4.78 is 0. The SMILES string of the molecule is CCCN1C(=O)N(Cc2ccc(C(=O)NO)cc2)C(=O)C1Cc1ccccc1. The Balaban J connectivity index is 1.78. The molecule has 2 aromatic carbocycles. The number of rotatable bonds is 7. The summed E-state index contributed by atoms with van der Waals surface area (Å²) >= 11 is 0. The molecule has 1 heterocycles. The van der Waals surface area contributed by atoms with Crippen LogP contribution in [0.25, 0.3) is 0 Å². The van der Waals surface area contributed by atoms with E-state index >= 15 is 0 Å². The number of nitrogens with zero attached hydrogens (tertiary/aromatic N) is 2. The zero-order chi connectivity index (χ0) is 20.1. The van der Waals surface area contributed by atoms with Gasteiger partial charge in [0.15, 0.2) is 0 Å². The molecule has 4 amide bonds. The van der Waals surface area contributed by atoms with Crippen molar-refractivity contribution in [2.45, 2.75) is 32.4 Å². The van der Waals surface area contributed by atoms with E-state index in [-0.39, 0.29) is 18.5 Å². The van der Waals surface area contributed by atoms with Gasteiger partial charge in [0, 0.05) is 18.5 Å². The molecule has 3 rings (SSSR count). The number of carbonyl (C=O) groups excluding carboxylic acids is 3. The summed E-state index contributed by atoms with van der Waals surface area (Å²) in [4.78, 5) is 40.2. The Morgan fingerprint density at radius 1 is 1.04 bits per heavy atom. The smallest absolute Gasteiger partial charge is 0.312 e. The highest BCUT2D eigenvalue weighted by molar-refractivity contribution is 6.04. The maximum Gasteiger partial charge on any atom is 0.327 e. The minimum Gasteiger partial charge on any atom is -0.312 e. The number of hydrogen-bond donors (Lipinski definition) is 2. The molecule has 0 aromatic heterocycles. The summed E-state index contributed by atoms with van der Waals surface area (Å²) in [5, 5.41) is 8.68. The average molecular weight is 381 g/mol. The van der Waals surface area contributed by atoms with Crippen LogP contribution in [-0.2, 0) is 17.8 Å². The molecule has 2 aromatic rings. The lowest BCUT2D eigenvalue weighted by Gasteiger charge is -2.21. The molecule has 28 heavy (non-hydrogen) atoms. The predicted octanol–water partition coefficient (Wildman–Crippen LogP) is 2.59. The molecule has 1 aliphatic rings. The number of hydroxylamine groups is 1. The van der Waals surface area contributed by atoms with Crippen molar-refractivity contribution in [2.75, 3.05) is 6.54 Å². The monoisotopic (exact) mass is 381 g/mol. The molecule has 1 atom stereocenters. The van der Waals surface area contributed by atoms with Crippen LogP contribution in [0.15, 0.2) is 54.6 Å². The van der Waals surface area contributed by atoms with Crippen LogP contribution in [0.2, 0.25) is 0 Å². The Morgan fingerprint density at radius 2 is 1.71 bits per heavy atom. The second-order valence-corrected chi connectivity index (χ2v) is 6.74. The van der Waals surface area contributed by atoms with Crippen LogP contribution in [0.3, 0.4) is 0 Å². The molecule has 1 fully saturated rings. The van der Waals surface area contributed by atoms with E-state index < -0.39 is 11.9 Å². The van der Waals surface area contributed by atoms with Crippen molar-refractivity contribution in [3.8, 4) is 0 Å².